The van der Waals surface area contributed by atoms with Crippen LogP contribution in [0.5, 0.6) is 0 Å². The van der Waals surface area contributed by atoms with E-state index in [-0.39, 0.29) is 0 Å². The summed E-state index contributed by atoms with van der Waals surface area (Å²) in [4.78, 5) is 9.27. The molecule has 0 saturated heterocycles. The summed E-state index contributed by atoms with van der Waals surface area (Å²) in [6.45, 7) is 7.38. The molecule has 0 aliphatic rings. The molecule has 2 N–H and O–H groups in total. The number of hydrogen-bond donors (Lipinski definition) is 2. The third-order valence-corrected chi connectivity index (χ3v) is 3.28. The summed E-state index contributed by atoms with van der Waals surface area (Å²) < 4.78 is 0. The molecule has 1 aromatic heterocycles. The molecule has 2 rings (SSSR count). The summed E-state index contributed by atoms with van der Waals surface area (Å²) in [7, 11) is 0. The highest BCUT2D eigenvalue weighted by atomic mass is 15.1. The molecule has 4 heteroatoms. The lowest BCUT2D eigenvalue weighted by Gasteiger charge is -2.13. The molecule has 118 valence electrons. The van der Waals surface area contributed by atoms with E-state index >= 15 is 0 Å². The molecule has 22 heavy (non-hydrogen) atoms. The van der Waals surface area contributed by atoms with E-state index < -0.39 is 0 Å². The molecule has 0 fully saturated rings. The summed E-state index contributed by atoms with van der Waals surface area (Å²) in [6.07, 6.45) is 3.62. The largest absolute Gasteiger partial charge is 0.370 e. The van der Waals surface area contributed by atoms with Gasteiger partial charge in [0.1, 0.15) is 11.6 Å². The van der Waals surface area contributed by atoms with Gasteiger partial charge in [-0.15, -0.1) is 0 Å². The van der Waals surface area contributed by atoms with Gasteiger partial charge in [-0.25, -0.2) is 9.97 Å². The zero-order chi connectivity index (χ0) is 15.8. The first kappa shape index (κ1) is 16.3. The van der Waals surface area contributed by atoms with Crippen molar-refractivity contribution < 1.29 is 0 Å². The van der Waals surface area contributed by atoms with Crippen molar-refractivity contribution in [3.63, 3.8) is 0 Å². The van der Waals surface area contributed by atoms with Crippen LogP contribution in [0.15, 0.2) is 36.4 Å². The number of anilines is 2. The number of rotatable bonds is 8. The second kappa shape index (κ2) is 8.37. The van der Waals surface area contributed by atoms with E-state index in [4.69, 9.17) is 0 Å². The highest BCUT2D eigenvalue weighted by Crippen LogP contribution is 2.20. The van der Waals surface area contributed by atoms with Gasteiger partial charge in [0, 0.05) is 24.2 Å². The van der Waals surface area contributed by atoms with Gasteiger partial charge in [-0.2, -0.15) is 0 Å². The Hall–Kier alpha value is -2.10. The van der Waals surface area contributed by atoms with Gasteiger partial charge in [-0.05, 0) is 20.3 Å². The molecule has 0 bridgehead atoms. The molecule has 0 spiro atoms. The zero-order valence-corrected chi connectivity index (χ0v) is 13.8. The maximum atomic E-state index is 4.65. The van der Waals surface area contributed by atoms with Gasteiger partial charge in [0.05, 0.1) is 0 Å². The van der Waals surface area contributed by atoms with Crippen LogP contribution >= 0.6 is 0 Å². The van der Waals surface area contributed by atoms with E-state index in [1.54, 1.807) is 0 Å². The van der Waals surface area contributed by atoms with Crippen molar-refractivity contribution in [2.24, 2.45) is 0 Å². The zero-order valence-electron chi connectivity index (χ0n) is 13.8. The van der Waals surface area contributed by atoms with Gasteiger partial charge in [-0.3, -0.25) is 0 Å². The van der Waals surface area contributed by atoms with E-state index in [0.29, 0.717) is 6.04 Å². The quantitative estimate of drug-likeness (QED) is 0.701. The van der Waals surface area contributed by atoms with Crippen LogP contribution in [0.2, 0.25) is 0 Å². The van der Waals surface area contributed by atoms with Crippen LogP contribution in [0.25, 0.3) is 11.4 Å². The number of unbranched alkanes of at least 4 members (excludes halogenated alkanes) is 2. The summed E-state index contributed by atoms with van der Waals surface area (Å²) >= 11 is 0. The molecule has 1 heterocycles. The molecule has 0 radical (unpaired) electrons. The number of hydrogen-bond acceptors (Lipinski definition) is 4. The minimum absolute atomic E-state index is 0.339. The van der Waals surface area contributed by atoms with Crippen LogP contribution in [0.4, 0.5) is 11.6 Å². The van der Waals surface area contributed by atoms with E-state index in [1.165, 1.54) is 12.8 Å². The minimum atomic E-state index is 0.339. The fourth-order valence-corrected chi connectivity index (χ4v) is 2.22. The van der Waals surface area contributed by atoms with Crippen molar-refractivity contribution in [2.75, 3.05) is 17.2 Å². The van der Waals surface area contributed by atoms with E-state index in [0.717, 1.165) is 36.0 Å². The summed E-state index contributed by atoms with van der Waals surface area (Å²) in [5.74, 6) is 2.50. The Bertz CT molecular complexity index is 567. The maximum Gasteiger partial charge on any atom is 0.163 e. The third-order valence-electron chi connectivity index (χ3n) is 3.28. The predicted octanol–water partition coefficient (Wildman–Crippen LogP) is 4.57. The smallest absolute Gasteiger partial charge is 0.163 e. The summed E-state index contributed by atoms with van der Waals surface area (Å²) in [5.41, 5.74) is 1.03. The summed E-state index contributed by atoms with van der Waals surface area (Å²) in [6, 6.07) is 12.4. The minimum Gasteiger partial charge on any atom is -0.370 e. The molecule has 2 aromatic rings. The Labute approximate surface area is 133 Å². The molecule has 0 amide bonds. The fraction of sp³-hybridized carbons (Fsp3) is 0.444. The van der Waals surface area contributed by atoms with E-state index in [2.05, 4.69) is 41.4 Å². The van der Waals surface area contributed by atoms with Crippen LogP contribution in [0.1, 0.15) is 40.0 Å². The lowest BCUT2D eigenvalue weighted by atomic mass is 10.2. The van der Waals surface area contributed by atoms with Crippen molar-refractivity contribution in [1.82, 2.24) is 9.97 Å². The molecule has 0 aliphatic heterocycles. The van der Waals surface area contributed by atoms with Crippen LogP contribution < -0.4 is 10.6 Å². The molecule has 0 atom stereocenters. The van der Waals surface area contributed by atoms with Crippen molar-refractivity contribution in [3.05, 3.63) is 36.4 Å². The first-order valence-electron chi connectivity index (χ1n) is 8.14. The molecular formula is C18H26N4. The number of benzene rings is 1. The van der Waals surface area contributed by atoms with E-state index in [9.17, 15) is 0 Å². The van der Waals surface area contributed by atoms with Crippen LogP contribution in [-0.4, -0.2) is 22.6 Å². The first-order chi connectivity index (χ1) is 10.7. The molecular weight excluding hydrogens is 272 g/mol. The number of nitrogens with zero attached hydrogens (tertiary/aromatic N) is 2. The topological polar surface area (TPSA) is 49.8 Å². The third kappa shape index (κ3) is 5.02. The second-order valence-electron chi connectivity index (χ2n) is 5.76. The average molecular weight is 298 g/mol. The number of nitrogens with one attached hydrogen (secondary N) is 2. The monoisotopic (exact) mass is 298 g/mol. The lowest BCUT2D eigenvalue weighted by molar-refractivity contribution is 0.742. The van der Waals surface area contributed by atoms with Gasteiger partial charge >= 0.3 is 0 Å². The van der Waals surface area contributed by atoms with Crippen LogP contribution in [-0.2, 0) is 0 Å². The Balaban J connectivity index is 2.21. The van der Waals surface area contributed by atoms with Gasteiger partial charge < -0.3 is 10.6 Å². The highest BCUT2D eigenvalue weighted by Gasteiger charge is 2.07. The Morgan fingerprint density at radius 2 is 1.73 bits per heavy atom. The van der Waals surface area contributed by atoms with Gasteiger partial charge in [0.25, 0.3) is 0 Å². The molecule has 0 aliphatic carbocycles. The van der Waals surface area contributed by atoms with Crippen molar-refractivity contribution in [1.29, 1.82) is 0 Å². The van der Waals surface area contributed by atoms with Gasteiger partial charge in [0.2, 0.25) is 0 Å². The fourth-order valence-electron chi connectivity index (χ4n) is 2.22. The van der Waals surface area contributed by atoms with Crippen LogP contribution in [0, 0.1) is 0 Å². The van der Waals surface area contributed by atoms with Crippen molar-refractivity contribution in [3.8, 4) is 11.4 Å². The predicted molar refractivity (Wildman–Crippen MR) is 94.2 cm³/mol. The van der Waals surface area contributed by atoms with Crippen LogP contribution in [0.3, 0.4) is 0 Å². The Morgan fingerprint density at radius 1 is 1.00 bits per heavy atom. The van der Waals surface area contributed by atoms with Crippen molar-refractivity contribution >= 4 is 11.6 Å². The maximum absolute atomic E-state index is 4.65. The average Bonchev–Trinajstić information content (AvgIpc) is 2.52. The van der Waals surface area contributed by atoms with Crippen molar-refractivity contribution in [2.45, 2.75) is 46.1 Å². The van der Waals surface area contributed by atoms with Gasteiger partial charge in [-0.1, -0.05) is 50.1 Å². The second-order valence-corrected chi connectivity index (χ2v) is 5.76. The lowest BCUT2D eigenvalue weighted by Crippen LogP contribution is -2.13. The molecule has 4 nitrogen and oxygen atoms in total. The molecule has 0 unspecified atom stereocenters. The SMILES string of the molecule is CCCCCNc1cc(NC(C)C)nc(-c2ccccc2)n1. The van der Waals surface area contributed by atoms with Gasteiger partial charge in [0.15, 0.2) is 5.82 Å². The first-order valence-corrected chi connectivity index (χ1v) is 8.14. The molecule has 0 saturated carbocycles. The normalized spacial score (nSPS) is 10.7. The highest BCUT2D eigenvalue weighted by molar-refractivity contribution is 5.61. The van der Waals surface area contributed by atoms with E-state index in [1.807, 2.05) is 36.4 Å². The molecule has 1 aromatic carbocycles. The number of aromatic nitrogens is 2. The Morgan fingerprint density at radius 3 is 2.41 bits per heavy atom. The summed E-state index contributed by atoms with van der Waals surface area (Å²) in [5, 5.41) is 6.78. The Kier molecular flexibility index (Phi) is 6.19. The standard InChI is InChI=1S/C18H26N4/c1-4-5-9-12-19-16-13-17(20-14(2)3)22-18(21-16)15-10-7-6-8-11-15/h6-8,10-11,13-14H,4-5,9,12H2,1-3H3,(H2,19,20,21,22).